The minimum Gasteiger partial charge on any atom is -0.357 e. The van der Waals surface area contributed by atoms with Crippen LogP contribution in [0.3, 0.4) is 0 Å². The summed E-state index contributed by atoms with van der Waals surface area (Å²) in [5.74, 6) is -0.877. The fourth-order valence-corrected chi connectivity index (χ4v) is 6.40. The van der Waals surface area contributed by atoms with E-state index < -0.39 is 28.5 Å². The maximum absolute atomic E-state index is 14.3. The number of anilines is 1. The molecule has 1 atom stereocenters. The van der Waals surface area contributed by atoms with E-state index in [-0.39, 0.29) is 23.8 Å². The Bertz CT molecular complexity index is 1610. The zero-order valence-corrected chi connectivity index (χ0v) is 25.4. The van der Waals surface area contributed by atoms with Crippen LogP contribution in [-0.2, 0) is 32.6 Å². The number of sulfonamides is 1. The molecule has 4 rings (SSSR count). The first kappa shape index (κ1) is 30.8. The lowest BCUT2D eigenvalue weighted by Gasteiger charge is -2.33. The van der Waals surface area contributed by atoms with Gasteiger partial charge in [0.25, 0.3) is 10.0 Å². The van der Waals surface area contributed by atoms with Crippen LogP contribution in [0.5, 0.6) is 0 Å². The average Bonchev–Trinajstić information content (AvgIpc) is 2.98. The monoisotopic (exact) mass is 603 g/mol. The first-order chi connectivity index (χ1) is 20.1. The average molecular weight is 604 g/mol. The number of nitrogens with zero attached hydrogens (tertiary/aromatic N) is 2. The molecule has 0 saturated heterocycles. The molecule has 4 aromatic rings. The van der Waals surface area contributed by atoms with Gasteiger partial charge in [0.05, 0.1) is 10.6 Å². The SMILES string of the molecule is CNC(=O)[C@@H](Cc1ccccc1)N(Cc1ccc(Cl)cc1)C(=O)CN(c1cc(C)cc(C)c1)S(=O)(=O)c1ccccc1. The van der Waals surface area contributed by atoms with Crippen molar-refractivity contribution < 1.29 is 18.0 Å². The van der Waals surface area contributed by atoms with Crippen LogP contribution < -0.4 is 9.62 Å². The molecule has 1 N–H and O–H groups in total. The molecule has 0 aliphatic heterocycles. The van der Waals surface area contributed by atoms with Gasteiger partial charge in [0.1, 0.15) is 12.6 Å². The molecule has 0 unspecified atom stereocenters. The number of amides is 2. The summed E-state index contributed by atoms with van der Waals surface area (Å²) in [6.45, 7) is 3.32. The van der Waals surface area contributed by atoms with Gasteiger partial charge in [0.2, 0.25) is 11.8 Å². The lowest BCUT2D eigenvalue weighted by Crippen LogP contribution is -2.53. The number of aryl methyl sites for hydroxylation is 2. The molecule has 0 aliphatic carbocycles. The number of hydrogen-bond acceptors (Lipinski definition) is 4. The first-order valence-electron chi connectivity index (χ1n) is 13.5. The second-order valence-corrected chi connectivity index (χ2v) is 12.4. The van der Waals surface area contributed by atoms with Crippen LogP contribution >= 0.6 is 11.6 Å². The predicted molar refractivity (Wildman–Crippen MR) is 167 cm³/mol. The minimum absolute atomic E-state index is 0.0633. The van der Waals surface area contributed by atoms with Gasteiger partial charge in [-0.1, -0.05) is 78.3 Å². The molecule has 4 aromatic carbocycles. The molecule has 0 fully saturated rings. The number of carbonyl (C=O) groups is 2. The molecule has 218 valence electrons. The summed E-state index contributed by atoms with van der Waals surface area (Å²) in [4.78, 5) is 29.1. The van der Waals surface area contributed by atoms with Crippen LogP contribution in [0.25, 0.3) is 0 Å². The molecule has 42 heavy (non-hydrogen) atoms. The van der Waals surface area contributed by atoms with E-state index in [0.717, 1.165) is 26.6 Å². The molecule has 0 aliphatic rings. The van der Waals surface area contributed by atoms with E-state index in [1.165, 1.54) is 24.1 Å². The second-order valence-electron chi connectivity index (χ2n) is 10.1. The Labute approximate surface area is 252 Å². The number of likely N-dealkylation sites (N-methyl/N-ethyl adjacent to an activating group) is 1. The fourth-order valence-electron chi connectivity index (χ4n) is 4.85. The van der Waals surface area contributed by atoms with Gasteiger partial charge in [0, 0.05) is 25.0 Å². The van der Waals surface area contributed by atoms with Crippen molar-refractivity contribution in [1.82, 2.24) is 10.2 Å². The maximum atomic E-state index is 14.3. The van der Waals surface area contributed by atoms with Crippen LogP contribution in [0.4, 0.5) is 5.69 Å². The molecular formula is C33H34ClN3O4S. The Kier molecular flexibility index (Phi) is 10.0. The van der Waals surface area contributed by atoms with Crippen molar-refractivity contribution in [3.8, 4) is 0 Å². The van der Waals surface area contributed by atoms with Gasteiger partial charge in [0.15, 0.2) is 0 Å². The molecule has 0 spiro atoms. The summed E-state index contributed by atoms with van der Waals surface area (Å²) in [7, 11) is -2.62. The molecule has 0 radical (unpaired) electrons. The smallest absolute Gasteiger partial charge is 0.264 e. The molecule has 0 aromatic heterocycles. The van der Waals surface area contributed by atoms with E-state index in [1.54, 1.807) is 54.6 Å². The number of nitrogens with one attached hydrogen (secondary N) is 1. The molecule has 7 nitrogen and oxygen atoms in total. The van der Waals surface area contributed by atoms with Crippen molar-refractivity contribution in [3.63, 3.8) is 0 Å². The lowest BCUT2D eigenvalue weighted by atomic mass is 10.0. The standard InChI is InChI=1S/C33H34ClN3O4S/c1-24-18-25(2)20-29(19-24)37(42(40,41)30-12-8-5-9-13-30)23-32(38)36(22-27-14-16-28(34)17-15-27)31(33(39)35-3)21-26-10-6-4-7-11-26/h4-20,31H,21-23H2,1-3H3,(H,35,39)/t31-/m1/s1. The van der Waals surface area contributed by atoms with E-state index in [1.807, 2.05) is 50.2 Å². The van der Waals surface area contributed by atoms with Gasteiger partial charge in [-0.05, 0) is 72.5 Å². The lowest BCUT2D eigenvalue weighted by molar-refractivity contribution is -0.139. The molecular weight excluding hydrogens is 570 g/mol. The van der Waals surface area contributed by atoms with Gasteiger partial charge in [-0.2, -0.15) is 0 Å². The molecule has 0 heterocycles. The van der Waals surface area contributed by atoms with Crippen LogP contribution in [-0.4, -0.2) is 44.8 Å². The molecule has 2 amide bonds. The highest BCUT2D eigenvalue weighted by Gasteiger charge is 2.34. The van der Waals surface area contributed by atoms with Crippen molar-refractivity contribution in [2.75, 3.05) is 17.9 Å². The Balaban J connectivity index is 1.80. The van der Waals surface area contributed by atoms with Crippen molar-refractivity contribution in [2.45, 2.75) is 37.8 Å². The van der Waals surface area contributed by atoms with E-state index in [0.29, 0.717) is 10.7 Å². The second kappa shape index (κ2) is 13.7. The Morgan fingerprint density at radius 3 is 1.95 bits per heavy atom. The quantitative estimate of drug-likeness (QED) is 0.244. The Morgan fingerprint density at radius 2 is 1.38 bits per heavy atom. The summed E-state index contributed by atoms with van der Waals surface area (Å²) in [6.07, 6.45) is 0.245. The topological polar surface area (TPSA) is 86.8 Å². The predicted octanol–water partition coefficient (Wildman–Crippen LogP) is 5.54. The highest BCUT2D eigenvalue weighted by Crippen LogP contribution is 2.27. The Hall–Kier alpha value is -4.14. The van der Waals surface area contributed by atoms with Crippen molar-refractivity contribution in [1.29, 1.82) is 0 Å². The first-order valence-corrected chi connectivity index (χ1v) is 15.4. The highest BCUT2D eigenvalue weighted by molar-refractivity contribution is 7.92. The fraction of sp³-hybridized carbons (Fsp3) is 0.212. The van der Waals surface area contributed by atoms with E-state index in [2.05, 4.69) is 5.32 Å². The largest absolute Gasteiger partial charge is 0.357 e. The summed E-state index contributed by atoms with van der Waals surface area (Å²) >= 11 is 6.11. The number of carbonyl (C=O) groups excluding carboxylic acids is 2. The van der Waals surface area contributed by atoms with Crippen molar-refractivity contribution >= 4 is 39.1 Å². The maximum Gasteiger partial charge on any atom is 0.264 e. The molecule has 0 saturated carbocycles. The van der Waals surface area contributed by atoms with E-state index in [4.69, 9.17) is 11.6 Å². The van der Waals surface area contributed by atoms with Gasteiger partial charge in [-0.3, -0.25) is 13.9 Å². The number of hydrogen-bond donors (Lipinski definition) is 1. The van der Waals surface area contributed by atoms with Gasteiger partial charge >= 0.3 is 0 Å². The van der Waals surface area contributed by atoms with Crippen LogP contribution in [0.1, 0.15) is 22.3 Å². The third kappa shape index (κ3) is 7.57. The van der Waals surface area contributed by atoms with Gasteiger partial charge in [-0.15, -0.1) is 0 Å². The van der Waals surface area contributed by atoms with Crippen molar-refractivity contribution in [3.05, 3.63) is 130 Å². The third-order valence-electron chi connectivity index (χ3n) is 6.89. The Morgan fingerprint density at radius 1 is 0.810 bits per heavy atom. The van der Waals surface area contributed by atoms with E-state index in [9.17, 15) is 18.0 Å². The van der Waals surface area contributed by atoms with Crippen LogP contribution in [0, 0.1) is 13.8 Å². The van der Waals surface area contributed by atoms with E-state index >= 15 is 0 Å². The zero-order valence-electron chi connectivity index (χ0n) is 23.8. The summed E-state index contributed by atoms with van der Waals surface area (Å²) < 4.78 is 29.2. The zero-order chi connectivity index (χ0) is 30.3. The van der Waals surface area contributed by atoms with Gasteiger partial charge < -0.3 is 10.2 Å². The van der Waals surface area contributed by atoms with Crippen molar-refractivity contribution in [2.24, 2.45) is 0 Å². The normalized spacial score (nSPS) is 11.9. The highest BCUT2D eigenvalue weighted by atomic mass is 35.5. The number of rotatable bonds is 11. The number of halogens is 1. The molecule has 9 heteroatoms. The van der Waals surface area contributed by atoms with Crippen LogP contribution in [0.15, 0.2) is 108 Å². The third-order valence-corrected chi connectivity index (χ3v) is 8.93. The van der Waals surface area contributed by atoms with Crippen LogP contribution in [0.2, 0.25) is 5.02 Å². The molecule has 0 bridgehead atoms. The summed E-state index contributed by atoms with van der Waals surface area (Å²) in [5, 5.41) is 3.23. The summed E-state index contributed by atoms with van der Waals surface area (Å²) in [5.41, 5.74) is 3.70. The minimum atomic E-state index is -4.14. The number of benzene rings is 4. The summed E-state index contributed by atoms with van der Waals surface area (Å²) in [6, 6.07) is 28.9. The van der Waals surface area contributed by atoms with Gasteiger partial charge in [-0.25, -0.2) is 8.42 Å².